The van der Waals surface area contributed by atoms with Gasteiger partial charge >= 0.3 is 0 Å². The van der Waals surface area contributed by atoms with E-state index in [1.165, 1.54) is 23.3 Å². The Balaban J connectivity index is 2.21. The van der Waals surface area contributed by atoms with Crippen LogP contribution >= 0.6 is 34.9 Å². The molecule has 100 valence electrons. The molecule has 5 nitrogen and oxygen atoms in total. The van der Waals surface area contributed by atoms with Crippen LogP contribution in [0.4, 0.5) is 0 Å². The number of hydrogen-bond acceptors (Lipinski definition) is 6. The van der Waals surface area contributed by atoms with E-state index in [9.17, 15) is 0 Å². The molecule has 19 heavy (non-hydrogen) atoms. The third-order valence-electron chi connectivity index (χ3n) is 2.30. The Bertz CT molecular complexity index is 614. The van der Waals surface area contributed by atoms with Gasteiger partial charge in [-0.25, -0.2) is 4.98 Å². The van der Waals surface area contributed by atoms with Crippen molar-refractivity contribution >= 4 is 40.7 Å². The molecule has 2 aromatic rings. The lowest BCUT2D eigenvalue weighted by Crippen LogP contribution is -2.12. The van der Waals surface area contributed by atoms with Crippen molar-refractivity contribution in [3.05, 3.63) is 34.6 Å². The SMILES string of the molecule is CCc1nsc(Sc2ccc(C(N)=NO)cc2Cl)n1. The summed E-state index contributed by atoms with van der Waals surface area (Å²) >= 11 is 8.96. The second-order valence-corrected chi connectivity index (χ2v) is 6.01. The van der Waals surface area contributed by atoms with Crippen molar-refractivity contribution in [1.82, 2.24) is 9.36 Å². The van der Waals surface area contributed by atoms with E-state index >= 15 is 0 Å². The molecule has 0 aliphatic rings. The van der Waals surface area contributed by atoms with Crippen LogP contribution in [0.1, 0.15) is 18.3 Å². The number of hydrogen-bond donors (Lipinski definition) is 2. The van der Waals surface area contributed by atoms with Crippen molar-refractivity contribution in [1.29, 1.82) is 0 Å². The summed E-state index contributed by atoms with van der Waals surface area (Å²) in [6.07, 6.45) is 0.813. The molecule has 0 saturated heterocycles. The van der Waals surface area contributed by atoms with Gasteiger partial charge in [0.25, 0.3) is 0 Å². The molecule has 0 radical (unpaired) electrons. The first-order chi connectivity index (χ1) is 9.13. The van der Waals surface area contributed by atoms with Gasteiger partial charge in [-0.3, -0.25) is 0 Å². The molecule has 0 unspecified atom stereocenters. The van der Waals surface area contributed by atoms with Crippen molar-refractivity contribution in [2.45, 2.75) is 22.6 Å². The maximum Gasteiger partial charge on any atom is 0.174 e. The van der Waals surface area contributed by atoms with Crippen LogP contribution in [0.3, 0.4) is 0 Å². The zero-order valence-corrected chi connectivity index (χ0v) is 12.4. The fourth-order valence-electron chi connectivity index (χ4n) is 1.32. The number of nitrogens with zero attached hydrogens (tertiary/aromatic N) is 3. The van der Waals surface area contributed by atoms with Crippen LogP contribution in [-0.4, -0.2) is 20.4 Å². The normalized spacial score (nSPS) is 11.8. The van der Waals surface area contributed by atoms with Crippen molar-refractivity contribution in [2.24, 2.45) is 10.9 Å². The molecule has 8 heteroatoms. The van der Waals surface area contributed by atoms with Crippen LogP contribution in [0.25, 0.3) is 0 Å². The van der Waals surface area contributed by atoms with Crippen molar-refractivity contribution in [3.63, 3.8) is 0 Å². The van der Waals surface area contributed by atoms with E-state index in [2.05, 4.69) is 14.5 Å². The summed E-state index contributed by atoms with van der Waals surface area (Å²) in [5.41, 5.74) is 6.07. The molecule has 3 N–H and O–H groups in total. The highest BCUT2D eigenvalue weighted by Crippen LogP contribution is 2.34. The Labute approximate surface area is 123 Å². The molecule has 0 amide bonds. The highest BCUT2D eigenvalue weighted by molar-refractivity contribution is 8.01. The molecule has 0 spiro atoms. The van der Waals surface area contributed by atoms with Crippen LogP contribution in [-0.2, 0) is 6.42 Å². The quantitative estimate of drug-likeness (QED) is 0.392. The second kappa shape index (κ2) is 6.23. The minimum Gasteiger partial charge on any atom is -0.409 e. The average Bonchev–Trinajstić information content (AvgIpc) is 2.88. The first-order valence-corrected chi connectivity index (χ1v) is 7.38. The van der Waals surface area contributed by atoms with E-state index in [4.69, 9.17) is 22.5 Å². The lowest BCUT2D eigenvalue weighted by atomic mass is 10.2. The van der Waals surface area contributed by atoms with Crippen LogP contribution in [0.5, 0.6) is 0 Å². The summed E-state index contributed by atoms with van der Waals surface area (Å²) in [5.74, 6) is 0.861. The van der Waals surface area contributed by atoms with Gasteiger partial charge in [0.1, 0.15) is 5.82 Å². The zero-order valence-electron chi connectivity index (χ0n) is 10.00. The summed E-state index contributed by atoms with van der Waals surface area (Å²) in [6, 6.07) is 5.21. The minimum absolute atomic E-state index is 0.0302. The molecular weight excluding hydrogens is 304 g/mol. The van der Waals surface area contributed by atoms with Gasteiger partial charge in [0.05, 0.1) is 5.02 Å². The second-order valence-electron chi connectivity index (χ2n) is 3.56. The van der Waals surface area contributed by atoms with Gasteiger partial charge in [-0.05, 0) is 29.7 Å². The van der Waals surface area contributed by atoms with Crippen LogP contribution in [0, 0.1) is 0 Å². The fourth-order valence-corrected chi connectivity index (χ4v) is 3.28. The summed E-state index contributed by atoms with van der Waals surface area (Å²) < 4.78 is 5.06. The minimum atomic E-state index is 0.0302. The summed E-state index contributed by atoms with van der Waals surface area (Å²) in [5, 5.41) is 12.1. The first kappa shape index (κ1) is 14.1. The highest BCUT2D eigenvalue weighted by Gasteiger charge is 2.09. The summed E-state index contributed by atoms with van der Waals surface area (Å²) in [6.45, 7) is 2.01. The maximum atomic E-state index is 8.61. The number of amidine groups is 1. The Morgan fingerprint density at radius 3 is 2.95 bits per heavy atom. The fraction of sp³-hybridized carbons (Fsp3) is 0.182. The molecule has 0 aliphatic carbocycles. The van der Waals surface area contributed by atoms with E-state index in [0.29, 0.717) is 10.6 Å². The Morgan fingerprint density at radius 1 is 1.58 bits per heavy atom. The van der Waals surface area contributed by atoms with Crippen LogP contribution in [0.2, 0.25) is 5.02 Å². The number of nitrogens with two attached hydrogens (primary N) is 1. The van der Waals surface area contributed by atoms with E-state index in [0.717, 1.165) is 21.5 Å². The maximum absolute atomic E-state index is 8.61. The molecule has 0 atom stereocenters. The van der Waals surface area contributed by atoms with Gasteiger partial charge in [0, 0.05) is 16.9 Å². The Kier molecular flexibility index (Phi) is 4.62. The van der Waals surface area contributed by atoms with E-state index in [1.54, 1.807) is 12.1 Å². The topological polar surface area (TPSA) is 84.4 Å². The largest absolute Gasteiger partial charge is 0.409 e. The van der Waals surface area contributed by atoms with Gasteiger partial charge in [-0.2, -0.15) is 4.37 Å². The van der Waals surface area contributed by atoms with Gasteiger partial charge in [0.2, 0.25) is 0 Å². The van der Waals surface area contributed by atoms with Crippen LogP contribution in [0.15, 0.2) is 32.6 Å². The number of rotatable bonds is 4. The van der Waals surface area contributed by atoms with Gasteiger partial charge in [-0.1, -0.05) is 35.4 Å². The number of oxime groups is 1. The Hall–Kier alpha value is -1.31. The third kappa shape index (κ3) is 3.37. The smallest absolute Gasteiger partial charge is 0.174 e. The molecule has 1 aromatic carbocycles. The number of benzene rings is 1. The predicted octanol–water partition coefficient (Wildman–Crippen LogP) is 3.00. The lowest BCUT2D eigenvalue weighted by Gasteiger charge is -2.04. The summed E-state index contributed by atoms with van der Waals surface area (Å²) in [4.78, 5) is 5.22. The van der Waals surface area contributed by atoms with Gasteiger partial charge in [0.15, 0.2) is 10.2 Å². The predicted molar refractivity (Wildman–Crippen MR) is 77.4 cm³/mol. The number of aryl methyl sites for hydroxylation is 1. The Morgan fingerprint density at radius 2 is 2.37 bits per heavy atom. The standard InChI is InChI=1S/C11H11ClN4OS2/c1-2-9-14-11(19-16-9)18-8-4-3-6(5-7(8)12)10(13)15-17/h3-5,17H,2H2,1H3,(H2,13,15). The van der Waals surface area contributed by atoms with Crippen molar-refractivity contribution in [2.75, 3.05) is 0 Å². The number of aromatic nitrogens is 2. The zero-order chi connectivity index (χ0) is 13.8. The third-order valence-corrected chi connectivity index (χ3v) is 4.59. The molecule has 1 aromatic heterocycles. The van der Waals surface area contributed by atoms with Crippen LogP contribution < -0.4 is 5.73 Å². The molecule has 2 rings (SSSR count). The van der Waals surface area contributed by atoms with Crippen molar-refractivity contribution in [3.8, 4) is 0 Å². The van der Waals surface area contributed by atoms with E-state index in [-0.39, 0.29) is 5.84 Å². The molecule has 0 saturated carbocycles. The molecule has 0 bridgehead atoms. The molecule has 0 fully saturated rings. The summed E-state index contributed by atoms with van der Waals surface area (Å²) in [7, 11) is 0. The van der Waals surface area contributed by atoms with Gasteiger partial charge < -0.3 is 10.9 Å². The average molecular weight is 315 g/mol. The van der Waals surface area contributed by atoms with E-state index in [1.807, 2.05) is 13.0 Å². The molecule has 0 aliphatic heterocycles. The van der Waals surface area contributed by atoms with Gasteiger partial charge in [-0.15, -0.1) is 0 Å². The molecular formula is C11H11ClN4OS2. The highest BCUT2D eigenvalue weighted by atomic mass is 35.5. The van der Waals surface area contributed by atoms with E-state index < -0.39 is 0 Å². The lowest BCUT2D eigenvalue weighted by molar-refractivity contribution is 0.318. The molecule has 1 heterocycles. The van der Waals surface area contributed by atoms with Crippen molar-refractivity contribution < 1.29 is 5.21 Å². The number of halogens is 1. The monoisotopic (exact) mass is 314 g/mol. The first-order valence-electron chi connectivity index (χ1n) is 5.42.